The molecule has 2 atom stereocenters. The molecule has 2 aliphatic rings. The van der Waals surface area contributed by atoms with Crippen molar-refractivity contribution in [1.82, 2.24) is 0 Å². The molecule has 2 aromatic rings. The van der Waals surface area contributed by atoms with Gasteiger partial charge in [-0.25, -0.2) is 13.4 Å². The van der Waals surface area contributed by atoms with Gasteiger partial charge in [0.15, 0.2) is 9.84 Å². The zero-order valence-corrected chi connectivity index (χ0v) is 20.6. The van der Waals surface area contributed by atoms with Gasteiger partial charge in [-0.05, 0) is 49.7 Å². The Bertz CT molecular complexity index is 1190. The Morgan fingerprint density at radius 2 is 1.69 bits per heavy atom. The van der Waals surface area contributed by atoms with Gasteiger partial charge in [0.2, 0.25) is 0 Å². The first-order valence-corrected chi connectivity index (χ1v) is 13.3. The fraction of sp³-hybridized carbons (Fsp3) is 0.286. The first kappa shape index (κ1) is 23.4. The van der Waals surface area contributed by atoms with Gasteiger partial charge in [0.25, 0.3) is 0 Å². The van der Waals surface area contributed by atoms with E-state index in [0.717, 1.165) is 5.69 Å². The minimum Gasteiger partial charge on any atom is -0.311 e. The largest absolute Gasteiger partial charge is 0.311 e. The Morgan fingerprint density at radius 1 is 1.06 bits per heavy atom. The van der Waals surface area contributed by atoms with Crippen molar-refractivity contribution in [2.75, 3.05) is 15.6 Å². The molecule has 170 valence electrons. The van der Waals surface area contributed by atoms with Crippen LogP contribution in [0.3, 0.4) is 0 Å². The summed E-state index contributed by atoms with van der Waals surface area (Å²) in [6.45, 7) is 3.69. The second-order valence-electron chi connectivity index (χ2n) is 7.43. The molecule has 2 heterocycles. The Kier molecular flexibility index (Phi) is 6.50. The quantitative estimate of drug-likeness (QED) is 0.613. The molecule has 0 spiro atoms. The number of hydrogen-bond acceptors (Lipinski definition) is 8. The van der Waals surface area contributed by atoms with Crippen LogP contribution in [0, 0.1) is 0 Å². The van der Waals surface area contributed by atoms with E-state index in [1.165, 1.54) is 11.8 Å². The molecule has 0 radical (unpaired) electrons. The third kappa shape index (κ3) is 4.02. The standard InChI is InChI=1S/C21H23Cl2N5O2S2/c1-3-11-32(29,30)14-9-7-13(8-10-14)27-12(2)26-20-18(19(27)24)28(21(25)31-20)17-15(22)5-4-6-16(17)23/h4-10,19,21H,3,11,24-25H2,1-2H3. The Labute approximate surface area is 202 Å². The van der Waals surface area contributed by atoms with Crippen molar-refractivity contribution >= 4 is 62.0 Å². The highest BCUT2D eigenvalue weighted by Gasteiger charge is 2.42. The third-order valence-electron chi connectivity index (χ3n) is 5.26. The average molecular weight is 512 g/mol. The molecule has 2 unspecified atom stereocenters. The van der Waals surface area contributed by atoms with Crippen LogP contribution in [0.1, 0.15) is 20.3 Å². The third-order valence-corrected chi connectivity index (χ3v) is 8.78. The van der Waals surface area contributed by atoms with Gasteiger partial charge in [0, 0.05) is 5.69 Å². The second-order valence-corrected chi connectivity index (χ2v) is 11.5. The maximum absolute atomic E-state index is 12.4. The molecular weight excluding hydrogens is 489 g/mol. The van der Waals surface area contributed by atoms with Gasteiger partial charge in [-0.3, -0.25) is 0 Å². The van der Waals surface area contributed by atoms with Crippen LogP contribution in [-0.4, -0.2) is 31.7 Å². The fourth-order valence-corrected chi connectivity index (χ4v) is 6.84. The van der Waals surface area contributed by atoms with Crippen LogP contribution in [-0.2, 0) is 9.84 Å². The van der Waals surface area contributed by atoms with Gasteiger partial charge < -0.3 is 21.3 Å². The lowest BCUT2D eigenvalue weighted by Crippen LogP contribution is -2.53. The number of sulfone groups is 1. The topological polar surface area (TPSA) is 105 Å². The number of halogens is 2. The number of nitrogens with two attached hydrogens (primary N) is 2. The monoisotopic (exact) mass is 511 g/mol. The van der Waals surface area contributed by atoms with E-state index in [-0.39, 0.29) is 10.6 Å². The van der Waals surface area contributed by atoms with Crippen LogP contribution in [0.4, 0.5) is 11.4 Å². The van der Waals surface area contributed by atoms with Gasteiger partial charge in [-0.15, -0.1) is 0 Å². The van der Waals surface area contributed by atoms with Crippen molar-refractivity contribution in [3.63, 3.8) is 0 Å². The lowest BCUT2D eigenvalue weighted by atomic mass is 10.1. The number of hydrogen-bond donors (Lipinski definition) is 2. The normalized spacial score (nSPS) is 21.1. The van der Waals surface area contributed by atoms with E-state index in [9.17, 15) is 8.42 Å². The molecule has 11 heteroatoms. The van der Waals surface area contributed by atoms with E-state index in [4.69, 9.17) is 39.7 Å². The number of aliphatic imine (C=N–C) groups is 1. The van der Waals surface area contributed by atoms with Gasteiger partial charge in [-0.2, -0.15) is 0 Å². The Morgan fingerprint density at radius 3 is 2.28 bits per heavy atom. The number of rotatable bonds is 5. The summed E-state index contributed by atoms with van der Waals surface area (Å²) in [7, 11) is -3.31. The number of nitrogens with zero attached hydrogens (tertiary/aromatic N) is 3. The summed E-state index contributed by atoms with van der Waals surface area (Å²) in [5, 5.41) is 1.62. The van der Waals surface area contributed by atoms with Gasteiger partial charge in [0.05, 0.1) is 32.1 Å². The zero-order chi connectivity index (χ0) is 23.2. The molecule has 0 aliphatic carbocycles. The van der Waals surface area contributed by atoms with E-state index < -0.39 is 21.5 Å². The maximum atomic E-state index is 12.4. The Balaban J connectivity index is 1.73. The summed E-state index contributed by atoms with van der Waals surface area (Å²) >= 11 is 14.3. The summed E-state index contributed by atoms with van der Waals surface area (Å²) in [4.78, 5) is 8.66. The minimum atomic E-state index is -3.31. The van der Waals surface area contributed by atoms with Crippen LogP contribution >= 0.6 is 35.0 Å². The van der Waals surface area contributed by atoms with E-state index >= 15 is 0 Å². The van der Waals surface area contributed by atoms with Crippen molar-refractivity contribution in [2.24, 2.45) is 16.5 Å². The van der Waals surface area contributed by atoms with Crippen molar-refractivity contribution in [2.45, 2.75) is 36.8 Å². The van der Waals surface area contributed by atoms with E-state index in [1.54, 1.807) is 42.5 Å². The summed E-state index contributed by atoms with van der Waals surface area (Å²) in [5.74, 6) is 0.779. The number of benzene rings is 2. The van der Waals surface area contributed by atoms with Crippen LogP contribution in [0.5, 0.6) is 0 Å². The van der Waals surface area contributed by atoms with Crippen molar-refractivity contribution < 1.29 is 8.42 Å². The first-order valence-electron chi connectivity index (χ1n) is 9.98. The highest BCUT2D eigenvalue weighted by Crippen LogP contribution is 2.48. The predicted molar refractivity (Wildman–Crippen MR) is 134 cm³/mol. The molecule has 2 aliphatic heterocycles. The lowest BCUT2D eigenvalue weighted by Gasteiger charge is -2.38. The van der Waals surface area contributed by atoms with E-state index in [2.05, 4.69) is 0 Å². The molecule has 0 bridgehead atoms. The van der Waals surface area contributed by atoms with Gasteiger partial charge in [-0.1, -0.05) is 48.0 Å². The molecule has 0 amide bonds. The zero-order valence-electron chi connectivity index (χ0n) is 17.5. The highest BCUT2D eigenvalue weighted by molar-refractivity contribution is 8.04. The lowest BCUT2D eigenvalue weighted by molar-refractivity contribution is 0.594. The molecular formula is C21H23Cl2N5O2S2. The predicted octanol–water partition coefficient (Wildman–Crippen LogP) is 4.37. The molecule has 32 heavy (non-hydrogen) atoms. The van der Waals surface area contributed by atoms with E-state index in [0.29, 0.717) is 38.7 Å². The van der Waals surface area contributed by atoms with Crippen LogP contribution in [0.2, 0.25) is 10.0 Å². The molecule has 0 fully saturated rings. The Hall–Kier alpha value is -1.75. The molecule has 0 saturated carbocycles. The summed E-state index contributed by atoms with van der Waals surface area (Å²) in [6.07, 6.45) is -0.0729. The molecule has 4 N–H and O–H groups in total. The molecule has 0 aromatic heterocycles. The van der Waals surface area contributed by atoms with Gasteiger partial charge in [0.1, 0.15) is 22.5 Å². The maximum Gasteiger partial charge on any atom is 0.178 e. The number of amidine groups is 1. The van der Waals surface area contributed by atoms with Crippen LogP contribution in [0.25, 0.3) is 0 Å². The second kappa shape index (κ2) is 8.89. The summed E-state index contributed by atoms with van der Waals surface area (Å²) in [6, 6.07) is 11.9. The van der Waals surface area contributed by atoms with Crippen molar-refractivity contribution in [3.8, 4) is 0 Å². The van der Waals surface area contributed by atoms with Crippen molar-refractivity contribution in [3.05, 3.63) is 63.2 Å². The molecule has 0 saturated heterocycles. The van der Waals surface area contributed by atoms with Crippen LogP contribution < -0.4 is 21.3 Å². The number of thioether (sulfide) groups is 1. The molecule has 2 aromatic carbocycles. The van der Waals surface area contributed by atoms with Crippen LogP contribution in [0.15, 0.2) is 63.1 Å². The first-order chi connectivity index (χ1) is 15.2. The number of para-hydroxylation sites is 1. The SMILES string of the molecule is CCCS(=O)(=O)c1ccc(N2C(C)=NC3=C(C2N)N(c2c(Cl)cccc2Cl)C(N)S3)cc1. The highest BCUT2D eigenvalue weighted by atomic mass is 35.5. The number of anilines is 2. The van der Waals surface area contributed by atoms with Crippen molar-refractivity contribution in [1.29, 1.82) is 0 Å². The fourth-order valence-electron chi connectivity index (χ4n) is 3.86. The average Bonchev–Trinajstić information content (AvgIpc) is 3.04. The summed E-state index contributed by atoms with van der Waals surface area (Å²) in [5.41, 5.74) is 14.6. The smallest absolute Gasteiger partial charge is 0.178 e. The summed E-state index contributed by atoms with van der Waals surface area (Å²) < 4.78 is 24.8. The minimum absolute atomic E-state index is 0.106. The van der Waals surface area contributed by atoms with E-state index in [1.807, 2.05) is 23.6 Å². The molecule has 7 nitrogen and oxygen atoms in total. The molecule has 4 rings (SSSR count). The van der Waals surface area contributed by atoms with Gasteiger partial charge >= 0.3 is 0 Å².